The van der Waals surface area contributed by atoms with Gasteiger partial charge in [-0.1, -0.05) is 23.7 Å². The van der Waals surface area contributed by atoms with E-state index in [0.717, 1.165) is 24.8 Å². The molecule has 3 amide bonds. The number of nitrogens with zero attached hydrogens (tertiary/aromatic N) is 1. The predicted octanol–water partition coefficient (Wildman–Crippen LogP) is 2.80. The minimum atomic E-state index is -0.275. The van der Waals surface area contributed by atoms with Crippen LogP contribution in [0.5, 0.6) is 0 Å². The van der Waals surface area contributed by atoms with Crippen molar-refractivity contribution in [2.75, 3.05) is 26.2 Å². The van der Waals surface area contributed by atoms with E-state index in [1.54, 1.807) is 11.8 Å². The molecule has 0 aromatic heterocycles. The van der Waals surface area contributed by atoms with Gasteiger partial charge in [-0.2, -0.15) is 0 Å². The maximum atomic E-state index is 11.9. The summed E-state index contributed by atoms with van der Waals surface area (Å²) < 4.78 is 4.98. The summed E-state index contributed by atoms with van der Waals surface area (Å²) in [7, 11) is 0. The average molecular weight is 354 g/mol. The maximum Gasteiger partial charge on any atom is 0.409 e. The number of nitrogens with one attached hydrogen (secondary N) is 2. The van der Waals surface area contributed by atoms with E-state index in [1.165, 1.54) is 0 Å². The van der Waals surface area contributed by atoms with Gasteiger partial charge in [-0.15, -0.1) is 0 Å². The lowest BCUT2D eigenvalue weighted by molar-refractivity contribution is 0.0957. The first kappa shape index (κ1) is 18.4. The number of amides is 3. The van der Waals surface area contributed by atoms with Crippen LogP contribution < -0.4 is 10.6 Å². The minimum absolute atomic E-state index is 0.0891. The standard InChI is InChI=1S/C17H24ClN3O3/c1-2-24-17(23)21-11-8-15(9-12-21)20-16(22)19-10-7-13-3-5-14(18)6-4-13/h3-6,15H,2,7-12H2,1H3,(H2,19,20,22). The van der Waals surface area contributed by atoms with Gasteiger partial charge in [0.15, 0.2) is 0 Å². The zero-order valence-corrected chi connectivity index (χ0v) is 14.6. The van der Waals surface area contributed by atoms with Crippen LogP contribution >= 0.6 is 11.6 Å². The van der Waals surface area contributed by atoms with Crippen LogP contribution in [0.2, 0.25) is 5.02 Å². The number of benzene rings is 1. The molecule has 0 aliphatic carbocycles. The van der Waals surface area contributed by atoms with E-state index in [-0.39, 0.29) is 18.2 Å². The van der Waals surface area contributed by atoms with E-state index >= 15 is 0 Å². The Balaban J connectivity index is 1.63. The summed E-state index contributed by atoms with van der Waals surface area (Å²) in [6, 6.07) is 7.51. The normalized spacial score (nSPS) is 15.0. The first-order valence-electron chi connectivity index (χ1n) is 8.29. The van der Waals surface area contributed by atoms with Crippen molar-refractivity contribution in [1.82, 2.24) is 15.5 Å². The Morgan fingerprint density at radius 3 is 2.54 bits per heavy atom. The Labute approximate surface area is 147 Å². The van der Waals surface area contributed by atoms with Gasteiger partial charge in [-0.3, -0.25) is 0 Å². The highest BCUT2D eigenvalue weighted by Crippen LogP contribution is 2.12. The number of likely N-dealkylation sites (tertiary alicyclic amines) is 1. The molecule has 1 aliphatic heterocycles. The summed E-state index contributed by atoms with van der Waals surface area (Å²) >= 11 is 5.84. The number of piperidine rings is 1. The van der Waals surface area contributed by atoms with Crippen LogP contribution in [0.1, 0.15) is 25.3 Å². The summed E-state index contributed by atoms with van der Waals surface area (Å²) in [6.45, 7) is 3.95. The van der Waals surface area contributed by atoms with Gasteiger partial charge in [-0.25, -0.2) is 9.59 Å². The van der Waals surface area contributed by atoms with Crippen LogP contribution in [0.3, 0.4) is 0 Å². The molecule has 1 aromatic carbocycles. The van der Waals surface area contributed by atoms with Gasteiger partial charge in [0, 0.05) is 30.7 Å². The van der Waals surface area contributed by atoms with Crippen LogP contribution in [-0.4, -0.2) is 49.3 Å². The SMILES string of the molecule is CCOC(=O)N1CCC(NC(=O)NCCc2ccc(Cl)cc2)CC1. The fourth-order valence-corrected chi connectivity index (χ4v) is 2.76. The number of urea groups is 1. The van der Waals surface area contributed by atoms with Crippen LogP contribution in [0.15, 0.2) is 24.3 Å². The third kappa shape index (κ3) is 5.92. The van der Waals surface area contributed by atoms with Crippen molar-refractivity contribution in [3.8, 4) is 0 Å². The number of ether oxygens (including phenoxy) is 1. The highest BCUT2D eigenvalue weighted by Gasteiger charge is 2.24. The third-order valence-corrected chi connectivity index (χ3v) is 4.22. The lowest BCUT2D eigenvalue weighted by Gasteiger charge is -2.31. The van der Waals surface area contributed by atoms with Crippen molar-refractivity contribution in [3.63, 3.8) is 0 Å². The zero-order valence-electron chi connectivity index (χ0n) is 13.9. The zero-order chi connectivity index (χ0) is 17.4. The van der Waals surface area contributed by atoms with E-state index in [2.05, 4.69) is 10.6 Å². The monoisotopic (exact) mass is 353 g/mol. The number of carbonyl (C=O) groups excluding carboxylic acids is 2. The van der Waals surface area contributed by atoms with Gasteiger partial charge in [-0.05, 0) is 43.9 Å². The molecule has 0 bridgehead atoms. The Bertz CT molecular complexity index is 543. The molecule has 0 radical (unpaired) electrons. The molecule has 132 valence electrons. The number of carbonyl (C=O) groups is 2. The third-order valence-electron chi connectivity index (χ3n) is 3.97. The van der Waals surface area contributed by atoms with Crippen LogP contribution in [0.25, 0.3) is 0 Å². The summed E-state index contributed by atoms with van der Waals surface area (Å²) in [6.07, 6.45) is 1.96. The average Bonchev–Trinajstić information content (AvgIpc) is 2.57. The molecule has 1 aromatic rings. The second kappa shape index (κ2) is 9.37. The number of hydrogen-bond donors (Lipinski definition) is 2. The predicted molar refractivity (Wildman–Crippen MR) is 93.3 cm³/mol. The van der Waals surface area contributed by atoms with Crippen LogP contribution in [-0.2, 0) is 11.2 Å². The lowest BCUT2D eigenvalue weighted by Crippen LogP contribution is -2.49. The Kier molecular flexibility index (Phi) is 7.18. The van der Waals surface area contributed by atoms with E-state index < -0.39 is 0 Å². The summed E-state index contributed by atoms with van der Waals surface area (Å²) in [5.74, 6) is 0. The van der Waals surface area contributed by atoms with E-state index in [0.29, 0.717) is 31.3 Å². The fourth-order valence-electron chi connectivity index (χ4n) is 2.63. The Morgan fingerprint density at radius 1 is 1.25 bits per heavy atom. The van der Waals surface area contributed by atoms with Gasteiger partial charge in [0.05, 0.1) is 6.61 Å². The van der Waals surface area contributed by atoms with Crippen molar-refractivity contribution in [3.05, 3.63) is 34.9 Å². The maximum absolute atomic E-state index is 11.9. The number of halogens is 1. The fraction of sp³-hybridized carbons (Fsp3) is 0.529. The Hall–Kier alpha value is -1.95. The molecule has 24 heavy (non-hydrogen) atoms. The highest BCUT2D eigenvalue weighted by molar-refractivity contribution is 6.30. The molecular weight excluding hydrogens is 330 g/mol. The summed E-state index contributed by atoms with van der Waals surface area (Å²) in [4.78, 5) is 25.2. The molecule has 2 N–H and O–H groups in total. The summed E-state index contributed by atoms with van der Waals surface area (Å²) in [5.41, 5.74) is 1.13. The molecule has 0 spiro atoms. The van der Waals surface area contributed by atoms with Crippen molar-refractivity contribution in [2.24, 2.45) is 0 Å². The molecule has 2 rings (SSSR count). The summed E-state index contributed by atoms with van der Waals surface area (Å²) in [5, 5.41) is 6.52. The molecule has 1 aliphatic rings. The lowest BCUT2D eigenvalue weighted by atomic mass is 10.1. The van der Waals surface area contributed by atoms with Gasteiger partial charge in [0.2, 0.25) is 0 Å². The van der Waals surface area contributed by atoms with E-state index in [4.69, 9.17) is 16.3 Å². The van der Waals surface area contributed by atoms with Crippen molar-refractivity contribution >= 4 is 23.7 Å². The molecule has 1 saturated heterocycles. The molecule has 1 heterocycles. The topological polar surface area (TPSA) is 70.7 Å². The Morgan fingerprint density at radius 2 is 1.92 bits per heavy atom. The first-order valence-corrected chi connectivity index (χ1v) is 8.66. The number of rotatable bonds is 5. The smallest absolute Gasteiger partial charge is 0.409 e. The van der Waals surface area contributed by atoms with Crippen molar-refractivity contribution in [1.29, 1.82) is 0 Å². The minimum Gasteiger partial charge on any atom is -0.450 e. The molecule has 7 heteroatoms. The van der Waals surface area contributed by atoms with Gasteiger partial charge in [0.1, 0.15) is 0 Å². The molecule has 0 unspecified atom stereocenters. The second-order valence-electron chi connectivity index (χ2n) is 5.74. The largest absolute Gasteiger partial charge is 0.450 e. The van der Waals surface area contributed by atoms with Crippen LogP contribution in [0, 0.1) is 0 Å². The molecule has 1 fully saturated rings. The second-order valence-corrected chi connectivity index (χ2v) is 6.17. The molecular formula is C17H24ClN3O3. The highest BCUT2D eigenvalue weighted by atomic mass is 35.5. The van der Waals surface area contributed by atoms with Crippen LogP contribution in [0.4, 0.5) is 9.59 Å². The van der Waals surface area contributed by atoms with Gasteiger partial charge < -0.3 is 20.3 Å². The van der Waals surface area contributed by atoms with E-state index in [9.17, 15) is 9.59 Å². The van der Waals surface area contributed by atoms with Crippen molar-refractivity contribution < 1.29 is 14.3 Å². The number of hydrogen-bond acceptors (Lipinski definition) is 3. The van der Waals surface area contributed by atoms with E-state index in [1.807, 2.05) is 24.3 Å². The van der Waals surface area contributed by atoms with Crippen molar-refractivity contribution in [2.45, 2.75) is 32.2 Å². The van der Waals surface area contributed by atoms with Gasteiger partial charge >= 0.3 is 12.1 Å². The molecule has 0 atom stereocenters. The first-order chi connectivity index (χ1) is 11.6. The van der Waals surface area contributed by atoms with Gasteiger partial charge in [0.25, 0.3) is 0 Å². The molecule has 6 nitrogen and oxygen atoms in total. The quantitative estimate of drug-likeness (QED) is 0.855. The molecule has 0 saturated carbocycles.